The molecule has 1 N–H and O–H groups in total. The smallest absolute Gasteiger partial charge is 0.342 e. The largest absolute Gasteiger partial charge is 0.496 e. The van der Waals surface area contributed by atoms with Gasteiger partial charge in [-0.05, 0) is 49.7 Å². The predicted molar refractivity (Wildman–Crippen MR) is 92.8 cm³/mol. The number of hydrogen-bond acceptors (Lipinski definition) is 4. The quantitative estimate of drug-likeness (QED) is 0.836. The lowest BCUT2D eigenvalue weighted by molar-refractivity contribution is -0.119. The molecule has 0 atom stereocenters. The molecular weight excluding hydrogens is 330 g/mol. The van der Waals surface area contributed by atoms with Gasteiger partial charge in [0, 0.05) is 10.7 Å². The van der Waals surface area contributed by atoms with E-state index in [4.69, 9.17) is 21.1 Å². The SMILES string of the molecule is COc1ccc(C)cc1C(=O)OCC(=O)Nc1ccc(Cl)cc1C. The highest BCUT2D eigenvalue weighted by atomic mass is 35.5. The summed E-state index contributed by atoms with van der Waals surface area (Å²) in [7, 11) is 1.47. The van der Waals surface area contributed by atoms with E-state index in [-0.39, 0.29) is 5.56 Å². The Morgan fingerprint density at radius 2 is 1.88 bits per heavy atom. The molecule has 0 unspecified atom stereocenters. The number of carbonyl (C=O) groups excluding carboxylic acids is 2. The van der Waals surface area contributed by atoms with Crippen LogP contribution in [-0.2, 0) is 9.53 Å². The van der Waals surface area contributed by atoms with E-state index in [9.17, 15) is 9.59 Å². The zero-order valence-corrected chi connectivity index (χ0v) is 14.4. The highest BCUT2D eigenvalue weighted by Gasteiger charge is 2.16. The molecule has 5 nitrogen and oxygen atoms in total. The number of benzene rings is 2. The zero-order chi connectivity index (χ0) is 17.7. The summed E-state index contributed by atoms with van der Waals surface area (Å²) in [4.78, 5) is 24.1. The van der Waals surface area contributed by atoms with E-state index in [1.807, 2.05) is 19.9 Å². The number of amides is 1. The second-order valence-electron chi connectivity index (χ2n) is 5.29. The van der Waals surface area contributed by atoms with Crippen molar-refractivity contribution in [2.75, 3.05) is 19.0 Å². The Morgan fingerprint density at radius 1 is 1.12 bits per heavy atom. The van der Waals surface area contributed by atoms with E-state index in [0.29, 0.717) is 16.5 Å². The third-order valence-corrected chi connectivity index (χ3v) is 3.61. The van der Waals surface area contributed by atoms with E-state index >= 15 is 0 Å². The van der Waals surface area contributed by atoms with Crippen LogP contribution in [0.1, 0.15) is 21.5 Å². The number of anilines is 1. The van der Waals surface area contributed by atoms with Crippen LogP contribution in [0.5, 0.6) is 5.75 Å². The Bertz CT molecular complexity index is 774. The number of ether oxygens (including phenoxy) is 2. The minimum absolute atomic E-state index is 0.285. The van der Waals surface area contributed by atoms with E-state index in [2.05, 4.69) is 5.32 Å². The van der Waals surface area contributed by atoms with E-state index < -0.39 is 18.5 Å². The Hall–Kier alpha value is -2.53. The van der Waals surface area contributed by atoms with Gasteiger partial charge in [-0.2, -0.15) is 0 Å². The maximum atomic E-state index is 12.1. The van der Waals surface area contributed by atoms with E-state index in [0.717, 1.165) is 11.1 Å². The third-order valence-electron chi connectivity index (χ3n) is 3.37. The molecule has 0 aliphatic carbocycles. The summed E-state index contributed by atoms with van der Waals surface area (Å²) in [6, 6.07) is 10.3. The molecule has 1 amide bonds. The van der Waals surface area contributed by atoms with E-state index in [1.165, 1.54) is 7.11 Å². The van der Waals surface area contributed by atoms with Gasteiger partial charge in [-0.15, -0.1) is 0 Å². The van der Waals surface area contributed by atoms with Crippen molar-refractivity contribution in [2.45, 2.75) is 13.8 Å². The first-order valence-electron chi connectivity index (χ1n) is 7.28. The molecule has 6 heteroatoms. The monoisotopic (exact) mass is 347 g/mol. The molecule has 0 heterocycles. The van der Waals surface area contributed by atoms with Crippen molar-refractivity contribution in [1.29, 1.82) is 0 Å². The normalized spacial score (nSPS) is 10.2. The lowest BCUT2D eigenvalue weighted by Crippen LogP contribution is -2.21. The van der Waals surface area contributed by atoms with E-state index in [1.54, 1.807) is 30.3 Å². The summed E-state index contributed by atoms with van der Waals surface area (Å²) in [5, 5.41) is 3.26. The lowest BCUT2D eigenvalue weighted by Gasteiger charge is -2.11. The summed E-state index contributed by atoms with van der Waals surface area (Å²) in [6.07, 6.45) is 0. The number of aryl methyl sites for hydroxylation is 2. The van der Waals surface area contributed by atoms with Crippen molar-refractivity contribution in [3.05, 3.63) is 58.1 Å². The van der Waals surface area contributed by atoms with Gasteiger partial charge in [0.15, 0.2) is 6.61 Å². The van der Waals surface area contributed by atoms with Crippen molar-refractivity contribution in [3.8, 4) is 5.75 Å². The summed E-state index contributed by atoms with van der Waals surface area (Å²) < 4.78 is 10.2. The summed E-state index contributed by atoms with van der Waals surface area (Å²) in [5.74, 6) is -0.640. The van der Waals surface area contributed by atoms with Crippen LogP contribution in [0.2, 0.25) is 5.02 Å². The zero-order valence-electron chi connectivity index (χ0n) is 13.7. The van der Waals surface area contributed by atoms with Gasteiger partial charge in [-0.3, -0.25) is 4.79 Å². The number of halogens is 1. The molecule has 0 spiro atoms. The van der Waals surface area contributed by atoms with Crippen LogP contribution >= 0.6 is 11.6 Å². The molecule has 0 aliphatic rings. The first-order valence-corrected chi connectivity index (χ1v) is 7.66. The summed E-state index contributed by atoms with van der Waals surface area (Å²) >= 11 is 5.87. The van der Waals surface area contributed by atoms with Crippen molar-refractivity contribution in [2.24, 2.45) is 0 Å². The fourth-order valence-corrected chi connectivity index (χ4v) is 2.37. The first-order chi connectivity index (χ1) is 11.4. The third kappa shape index (κ3) is 4.49. The molecule has 0 radical (unpaired) electrons. The minimum atomic E-state index is -0.612. The van der Waals surface area contributed by atoms with Gasteiger partial charge < -0.3 is 14.8 Å². The highest BCUT2D eigenvalue weighted by molar-refractivity contribution is 6.30. The molecule has 0 saturated heterocycles. The van der Waals surface area contributed by atoms with Gasteiger partial charge >= 0.3 is 5.97 Å². The molecule has 2 aromatic carbocycles. The van der Waals surface area contributed by atoms with Gasteiger partial charge in [0.05, 0.1) is 7.11 Å². The fraction of sp³-hybridized carbons (Fsp3) is 0.222. The molecule has 0 saturated carbocycles. The van der Waals surface area contributed by atoms with Crippen LogP contribution in [0.15, 0.2) is 36.4 Å². The van der Waals surface area contributed by atoms with Crippen molar-refractivity contribution in [1.82, 2.24) is 0 Å². The standard InChI is InChI=1S/C18H18ClNO4/c1-11-4-7-16(23-3)14(8-11)18(22)24-10-17(21)20-15-6-5-13(19)9-12(15)2/h4-9H,10H2,1-3H3,(H,20,21). The minimum Gasteiger partial charge on any atom is -0.496 e. The Labute approximate surface area is 145 Å². The molecule has 24 heavy (non-hydrogen) atoms. The lowest BCUT2D eigenvalue weighted by atomic mass is 10.1. The number of methoxy groups -OCH3 is 1. The molecule has 0 bridgehead atoms. The molecule has 0 aromatic heterocycles. The van der Waals surface area contributed by atoms with Gasteiger partial charge in [0.25, 0.3) is 5.91 Å². The van der Waals surface area contributed by atoms with Gasteiger partial charge in [-0.1, -0.05) is 23.2 Å². The van der Waals surface area contributed by atoms with Gasteiger partial charge in [0.2, 0.25) is 0 Å². The second-order valence-corrected chi connectivity index (χ2v) is 5.72. The maximum absolute atomic E-state index is 12.1. The van der Waals surface area contributed by atoms with Gasteiger partial charge in [-0.25, -0.2) is 4.79 Å². The Morgan fingerprint density at radius 3 is 2.54 bits per heavy atom. The van der Waals surface area contributed by atoms with Crippen LogP contribution in [0.25, 0.3) is 0 Å². The van der Waals surface area contributed by atoms with Crippen molar-refractivity contribution in [3.63, 3.8) is 0 Å². The Balaban J connectivity index is 1.99. The topological polar surface area (TPSA) is 64.6 Å². The molecule has 2 rings (SSSR count). The molecule has 2 aromatic rings. The Kier molecular flexibility index (Phi) is 5.82. The molecule has 0 aliphatic heterocycles. The number of hydrogen-bond donors (Lipinski definition) is 1. The molecule has 126 valence electrons. The van der Waals surface area contributed by atoms with Crippen LogP contribution in [0.3, 0.4) is 0 Å². The molecular formula is C18H18ClNO4. The fourth-order valence-electron chi connectivity index (χ4n) is 2.14. The summed E-state index contributed by atoms with van der Waals surface area (Å²) in [5.41, 5.74) is 2.62. The second kappa shape index (κ2) is 7.84. The summed E-state index contributed by atoms with van der Waals surface area (Å²) in [6.45, 7) is 3.29. The first kappa shape index (κ1) is 17.8. The van der Waals surface area contributed by atoms with Crippen LogP contribution in [0.4, 0.5) is 5.69 Å². The number of nitrogens with one attached hydrogen (secondary N) is 1. The van der Waals surface area contributed by atoms with Crippen LogP contribution < -0.4 is 10.1 Å². The number of esters is 1. The maximum Gasteiger partial charge on any atom is 0.342 e. The molecule has 0 fully saturated rings. The van der Waals surface area contributed by atoms with Gasteiger partial charge in [0.1, 0.15) is 11.3 Å². The van der Waals surface area contributed by atoms with Crippen LogP contribution in [-0.4, -0.2) is 25.6 Å². The number of carbonyl (C=O) groups is 2. The predicted octanol–water partition coefficient (Wildman–Crippen LogP) is 3.76. The average Bonchev–Trinajstić information content (AvgIpc) is 2.55. The van der Waals surface area contributed by atoms with Crippen LogP contribution in [0, 0.1) is 13.8 Å². The number of rotatable bonds is 5. The van der Waals surface area contributed by atoms with Crippen molar-refractivity contribution >= 4 is 29.2 Å². The average molecular weight is 348 g/mol. The highest BCUT2D eigenvalue weighted by Crippen LogP contribution is 2.21. The van der Waals surface area contributed by atoms with Crippen molar-refractivity contribution < 1.29 is 19.1 Å².